The van der Waals surface area contributed by atoms with Gasteiger partial charge in [0, 0.05) is 17.3 Å². The summed E-state index contributed by atoms with van der Waals surface area (Å²) in [7, 11) is -3.93. The number of sulfonamides is 1. The van der Waals surface area contributed by atoms with E-state index in [1.807, 2.05) is 0 Å². The lowest BCUT2D eigenvalue weighted by Crippen LogP contribution is -2.31. The fraction of sp³-hybridized carbons (Fsp3) is 0.250. The summed E-state index contributed by atoms with van der Waals surface area (Å²) in [5.41, 5.74) is 1.02. The van der Waals surface area contributed by atoms with Gasteiger partial charge < -0.3 is 5.32 Å². The monoisotopic (exact) mass is 480 g/mol. The van der Waals surface area contributed by atoms with Crippen molar-refractivity contribution in [3.05, 3.63) is 68.9 Å². The van der Waals surface area contributed by atoms with Gasteiger partial charge in [0.2, 0.25) is 15.0 Å². The van der Waals surface area contributed by atoms with E-state index < -0.39 is 27.8 Å². The van der Waals surface area contributed by atoms with Crippen molar-refractivity contribution in [3.63, 3.8) is 0 Å². The second kappa shape index (κ2) is 8.62. The molecule has 0 aliphatic carbocycles. The van der Waals surface area contributed by atoms with E-state index in [1.165, 1.54) is 16.4 Å². The summed E-state index contributed by atoms with van der Waals surface area (Å²) in [6, 6.07) is 9.77. The molecule has 7 nitrogen and oxygen atoms in total. The molecule has 1 amide bonds. The SMILES string of the molecule is Cc1ccc(F)cc1S(=O)(=O)N1CCCC1c1nnc(C(=O)Nc2ccc(Cl)cc2)s1. The summed E-state index contributed by atoms with van der Waals surface area (Å²) < 4.78 is 41.5. The topological polar surface area (TPSA) is 92.3 Å². The molecule has 1 aliphatic rings. The van der Waals surface area contributed by atoms with Gasteiger partial charge in [-0.3, -0.25) is 4.79 Å². The predicted molar refractivity (Wildman–Crippen MR) is 116 cm³/mol. The van der Waals surface area contributed by atoms with Crippen LogP contribution < -0.4 is 5.32 Å². The zero-order chi connectivity index (χ0) is 22.2. The van der Waals surface area contributed by atoms with Crippen LogP contribution in [0.15, 0.2) is 47.4 Å². The molecule has 1 N–H and O–H groups in total. The van der Waals surface area contributed by atoms with Crippen molar-refractivity contribution < 1.29 is 17.6 Å². The van der Waals surface area contributed by atoms with Gasteiger partial charge >= 0.3 is 0 Å². The standard InChI is InChI=1S/C20H18ClFN4O3S2/c1-12-4-7-14(22)11-17(12)31(28,29)26-10-2-3-16(26)19-24-25-20(30-19)18(27)23-15-8-5-13(21)6-9-15/h4-9,11,16H,2-3,10H2,1H3,(H,23,27). The van der Waals surface area contributed by atoms with Gasteiger partial charge in [0.15, 0.2) is 0 Å². The molecule has 0 bridgehead atoms. The lowest BCUT2D eigenvalue weighted by Gasteiger charge is -2.23. The van der Waals surface area contributed by atoms with E-state index in [0.717, 1.165) is 17.4 Å². The molecule has 3 aromatic rings. The lowest BCUT2D eigenvalue weighted by molar-refractivity contribution is 0.102. The minimum atomic E-state index is -3.93. The molecule has 162 valence electrons. The third kappa shape index (κ3) is 4.47. The average Bonchev–Trinajstić information content (AvgIpc) is 3.41. The second-order valence-corrected chi connectivity index (χ2v) is 10.4. The largest absolute Gasteiger partial charge is 0.320 e. The molecule has 31 heavy (non-hydrogen) atoms. The molecule has 2 aromatic carbocycles. The van der Waals surface area contributed by atoms with Gasteiger partial charge in [0.25, 0.3) is 5.91 Å². The summed E-state index contributed by atoms with van der Waals surface area (Å²) in [5, 5.41) is 11.8. The Labute approximate surface area is 187 Å². The number of carbonyl (C=O) groups is 1. The van der Waals surface area contributed by atoms with Gasteiger partial charge in [-0.1, -0.05) is 29.0 Å². The van der Waals surface area contributed by atoms with Gasteiger partial charge in [0.1, 0.15) is 10.8 Å². The van der Waals surface area contributed by atoms with E-state index in [9.17, 15) is 17.6 Å². The maximum atomic E-state index is 13.7. The minimum Gasteiger partial charge on any atom is -0.320 e. The summed E-state index contributed by atoms with van der Waals surface area (Å²) in [5.74, 6) is -1.06. The molecule has 1 aromatic heterocycles. The number of rotatable bonds is 5. The molecule has 1 saturated heterocycles. The fourth-order valence-electron chi connectivity index (χ4n) is 3.43. The van der Waals surface area contributed by atoms with Crippen LogP contribution in [0.4, 0.5) is 10.1 Å². The number of aryl methyl sites for hydroxylation is 1. The Morgan fingerprint density at radius 3 is 2.71 bits per heavy atom. The first-order valence-electron chi connectivity index (χ1n) is 9.44. The van der Waals surface area contributed by atoms with Gasteiger partial charge in [-0.05, 0) is 61.7 Å². The number of amides is 1. The predicted octanol–water partition coefficient (Wildman–Crippen LogP) is 4.42. The number of nitrogens with zero attached hydrogens (tertiary/aromatic N) is 3. The number of hydrogen-bond donors (Lipinski definition) is 1. The first kappa shape index (κ1) is 21.8. The van der Waals surface area contributed by atoms with Crippen LogP contribution in [0.3, 0.4) is 0 Å². The molecule has 1 aliphatic heterocycles. The molecular formula is C20H18ClFN4O3S2. The Bertz CT molecular complexity index is 1230. The number of nitrogens with one attached hydrogen (secondary N) is 1. The first-order chi connectivity index (χ1) is 14.8. The van der Waals surface area contributed by atoms with Crippen LogP contribution in [0.1, 0.15) is 39.3 Å². The molecule has 1 fully saturated rings. The number of hydrogen-bond acceptors (Lipinski definition) is 6. The van der Waals surface area contributed by atoms with E-state index in [0.29, 0.717) is 34.1 Å². The zero-order valence-electron chi connectivity index (χ0n) is 16.4. The van der Waals surface area contributed by atoms with Crippen molar-refractivity contribution in [2.45, 2.75) is 30.7 Å². The Hall–Kier alpha value is -2.40. The van der Waals surface area contributed by atoms with Crippen LogP contribution in [-0.2, 0) is 10.0 Å². The second-order valence-electron chi connectivity index (χ2n) is 7.09. The highest BCUT2D eigenvalue weighted by Gasteiger charge is 2.39. The van der Waals surface area contributed by atoms with Crippen LogP contribution in [0, 0.1) is 12.7 Å². The van der Waals surface area contributed by atoms with Crippen LogP contribution in [0.25, 0.3) is 0 Å². The van der Waals surface area contributed by atoms with Crippen molar-refractivity contribution in [1.29, 1.82) is 0 Å². The van der Waals surface area contributed by atoms with Crippen LogP contribution in [0.2, 0.25) is 5.02 Å². The number of benzene rings is 2. The van der Waals surface area contributed by atoms with E-state index in [4.69, 9.17) is 11.6 Å². The Morgan fingerprint density at radius 1 is 1.23 bits per heavy atom. The summed E-state index contributed by atoms with van der Waals surface area (Å²) >= 11 is 6.89. The molecule has 2 heterocycles. The number of halogens is 2. The third-order valence-corrected chi connectivity index (χ3v) is 8.29. The summed E-state index contributed by atoms with van der Waals surface area (Å²) in [4.78, 5) is 12.4. The van der Waals surface area contributed by atoms with Crippen LogP contribution in [-0.4, -0.2) is 35.4 Å². The first-order valence-corrected chi connectivity index (χ1v) is 12.1. The van der Waals surface area contributed by atoms with Gasteiger partial charge in [-0.25, -0.2) is 12.8 Å². The molecule has 1 atom stereocenters. The van der Waals surface area contributed by atoms with Crippen molar-refractivity contribution in [1.82, 2.24) is 14.5 Å². The van der Waals surface area contributed by atoms with Gasteiger partial charge in [0.05, 0.1) is 10.9 Å². The van der Waals surface area contributed by atoms with Crippen molar-refractivity contribution in [2.24, 2.45) is 0 Å². The number of anilines is 1. The zero-order valence-corrected chi connectivity index (χ0v) is 18.8. The van der Waals surface area contributed by atoms with E-state index in [1.54, 1.807) is 31.2 Å². The van der Waals surface area contributed by atoms with Crippen molar-refractivity contribution in [2.75, 3.05) is 11.9 Å². The Morgan fingerprint density at radius 2 is 1.97 bits per heavy atom. The summed E-state index contributed by atoms with van der Waals surface area (Å²) in [6.07, 6.45) is 1.17. The van der Waals surface area contributed by atoms with E-state index >= 15 is 0 Å². The molecular weight excluding hydrogens is 463 g/mol. The molecule has 4 rings (SSSR count). The maximum Gasteiger partial charge on any atom is 0.286 e. The Balaban J connectivity index is 1.57. The molecule has 0 spiro atoms. The van der Waals surface area contributed by atoms with Crippen molar-refractivity contribution in [3.8, 4) is 0 Å². The Kier molecular flexibility index (Phi) is 6.07. The minimum absolute atomic E-state index is 0.0652. The van der Waals surface area contributed by atoms with E-state index in [-0.39, 0.29) is 16.4 Å². The number of aromatic nitrogens is 2. The van der Waals surface area contributed by atoms with Crippen molar-refractivity contribution >= 4 is 44.6 Å². The molecule has 1 unspecified atom stereocenters. The number of carbonyl (C=O) groups excluding carboxylic acids is 1. The van der Waals surface area contributed by atoms with Crippen LogP contribution >= 0.6 is 22.9 Å². The van der Waals surface area contributed by atoms with E-state index in [2.05, 4.69) is 15.5 Å². The molecule has 11 heteroatoms. The van der Waals surface area contributed by atoms with Crippen LogP contribution in [0.5, 0.6) is 0 Å². The fourth-order valence-corrected chi connectivity index (χ4v) is 6.41. The smallest absolute Gasteiger partial charge is 0.286 e. The molecule has 0 saturated carbocycles. The highest BCUT2D eigenvalue weighted by atomic mass is 35.5. The van der Waals surface area contributed by atoms with Gasteiger partial charge in [-0.2, -0.15) is 4.31 Å². The third-order valence-electron chi connectivity index (χ3n) is 4.96. The molecule has 0 radical (unpaired) electrons. The lowest BCUT2D eigenvalue weighted by atomic mass is 10.2. The average molecular weight is 481 g/mol. The normalized spacial score (nSPS) is 17.1. The highest BCUT2D eigenvalue weighted by Crippen LogP contribution is 2.38. The quantitative estimate of drug-likeness (QED) is 0.583. The highest BCUT2D eigenvalue weighted by molar-refractivity contribution is 7.89. The summed E-state index contributed by atoms with van der Waals surface area (Å²) in [6.45, 7) is 1.91. The van der Waals surface area contributed by atoms with Gasteiger partial charge in [-0.15, -0.1) is 10.2 Å². The maximum absolute atomic E-state index is 13.7.